The van der Waals surface area contributed by atoms with E-state index in [1.165, 1.54) is 11.1 Å². The molecular weight excluding hydrogens is 282 g/mol. The summed E-state index contributed by atoms with van der Waals surface area (Å²) in [6, 6.07) is 0. The van der Waals surface area contributed by atoms with E-state index in [0.717, 1.165) is 0 Å². The number of amides is 1. The summed E-state index contributed by atoms with van der Waals surface area (Å²) in [5.41, 5.74) is -1.99. The number of carbonyl (C=O) groups excluding carboxylic acids is 1. The molecule has 0 spiro atoms. The lowest BCUT2D eigenvalue weighted by molar-refractivity contribution is -0.123. The quantitative estimate of drug-likeness (QED) is 0.363. The summed E-state index contributed by atoms with van der Waals surface area (Å²) >= 11 is 0. The Morgan fingerprint density at radius 1 is 1.52 bits per heavy atom. The molecule has 0 bridgehead atoms. The average Bonchev–Trinajstić information content (AvgIpc) is 2.73. The Kier molecular flexibility index (Phi) is 3.99. The van der Waals surface area contributed by atoms with Gasteiger partial charge < -0.3 is 30.6 Å². The maximum atomic E-state index is 11.5. The lowest BCUT2D eigenvalue weighted by Gasteiger charge is -2.33. The summed E-state index contributed by atoms with van der Waals surface area (Å²) in [5.74, 6) is -0.502. The third-order valence-electron chi connectivity index (χ3n) is 3.42. The minimum atomic E-state index is -1.99. The number of hydrogen-bond acceptors (Lipinski definition) is 7. The zero-order valence-electron chi connectivity index (χ0n) is 10.9. The maximum Gasteiger partial charge on any atom is 0.390 e. The van der Waals surface area contributed by atoms with Crippen molar-refractivity contribution in [2.24, 2.45) is 0 Å². The van der Waals surface area contributed by atoms with Gasteiger partial charge in [0.15, 0.2) is 18.9 Å². The number of aliphatic hydroxyl groups is 4. The number of hydrogen-bond donors (Lipinski definition) is 5. The van der Waals surface area contributed by atoms with E-state index in [0.29, 0.717) is 0 Å². The molecule has 0 aromatic carbocycles. The van der Waals surface area contributed by atoms with Crippen LogP contribution in [0.1, 0.15) is 0 Å². The molecule has 0 saturated carbocycles. The van der Waals surface area contributed by atoms with Gasteiger partial charge in [-0.1, -0.05) is 6.58 Å². The van der Waals surface area contributed by atoms with Gasteiger partial charge in [0.25, 0.3) is 5.91 Å². The highest BCUT2D eigenvalue weighted by Crippen LogP contribution is 2.35. The molecule has 0 radical (unpaired) electrons. The monoisotopic (exact) mass is 297 g/mol. The zero-order chi connectivity index (χ0) is 15.8. The fourth-order valence-electron chi connectivity index (χ4n) is 2.17. The van der Waals surface area contributed by atoms with Crippen LogP contribution in [-0.4, -0.2) is 68.6 Å². The molecular formula is C12H15N3O6. The van der Waals surface area contributed by atoms with E-state index in [1.807, 2.05) is 0 Å². The molecule has 0 aromatic rings. The number of nitrogens with one attached hydrogen (secondary N) is 1. The molecule has 2 aliphatic rings. The summed E-state index contributed by atoms with van der Waals surface area (Å²) in [6.45, 7) is 9.25. The van der Waals surface area contributed by atoms with E-state index in [-0.39, 0.29) is 11.4 Å². The smallest absolute Gasteiger partial charge is 0.390 e. The van der Waals surface area contributed by atoms with Crippen LogP contribution in [0, 0.1) is 6.57 Å². The van der Waals surface area contributed by atoms with Crippen LogP contribution in [-0.2, 0) is 9.53 Å². The lowest BCUT2D eigenvalue weighted by atomic mass is 10.1. The number of nitrogens with zero attached hydrogens (tertiary/aromatic N) is 2. The van der Waals surface area contributed by atoms with Gasteiger partial charge in [0.2, 0.25) is 0 Å². The van der Waals surface area contributed by atoms with Gasteiger partial charge in [-0.25, -0.2) is 6.57 Å². The third kappa shape index (κ3) is 2.29. The predicted molar refractivity (Wildman–Crippen MR) is 67.6 cm³/mol. The van der Waals surface area contributed by atoms with Gasteiger partial charge in [0, 0.05) is 6.20 Å². The standard InChI is InChI=1S/C12H15N3O6/c1-6-14-10(20)7(4-16)3-15(6)11-8(18)9(19)12(5-17,13-2)21-11/h3,8-9,11,16-19H,1,4-5H2,(H,14,20)/t8-,9?,11+,12+/m0/s1. The van der Waals surface area contributed by atoms with Crippen molar-refractivity contribution in [3.63, 3.8) is 0 Å². The van der Waals surface area contributed by atoms with Crippen LogP contribution in [0.3, 0.4) is 0 Å². The van der Waals surface area contributed by atoms with Gasteiger partial charge in [0.05, 0.1) is 12.2 Å². The Morgan fingerprint density at radius 3 is 2.67 bits per heavy atom. The third-order valence-corrected chi connectivity index (χ3v) is 3.42. The Hall–Kier alpha value is -1.96. The largest absolute Gasteiger partial charge is 0.391 e. The molecule has 21 heavy (non-hydrogen) atoms. The van der Waals surface area contributed by atoms with Gasteiger partial charge >= 0.3 is 5.72 Å². The van der Waals surface area contributed by atoms with Gasteiger partial charge in [0.1, 0.15) is 11.9 Å². The van der Waals surface area contributed by atoms with Crippen LogP contribution in [0.4, 0.5) is 0 Å². The van der Waals surface area contributed by atoms with E-state index >= 15 is 0 Å². The van der Waals surface area contributed by atoms with Crippen molar-refractivity contribution in [1.82, 2.24) is 10.2 Å². The summed E-state index contributed by atoms with van der Waals surface area (Å²) in [4.78, 5) is 15.7. The normalized spacial score (nSPS) is 36.2. The summed E-state index contributed by atoms with van der Waals surface area (Å²) in [7, 11) is 0. The van der Waals surface area contributed by atoms with Crippen LogP contribution >= 0.6 is 0 Å². The van der Waals surface area contributed by atoms with Gasteiger partial charge in [-0.3, -0.25) is 14.4 Å². The van der Waals surface area contributed by atoms with Crippen LogP contribution < -0.4 is 5.32 Å². The van der Waals surface area contributed by atoms with Crippen LogP contribution in [0.25, 0.3) is 4.85 Å². The first-order valence-corrected chi connectivity index (χ1v) is 6.03. The lowest BCUT2D eigenvalue weighted by Crippen LogP contribution is -2.48. The summed E-state index contributed by atoms with van der Waals surface area (Å²) < 4.78 is 5.29. The second kappa shape index (κ2) is 5.44. The molecule has 1 amide bonds. The Bertz CT molecular complexity index is 542. The minimum absolute atomic E-state index is 0.00278. The number of ether oxygens (including phenoxy) is 1. The van der Waals surface area contributed by atoms with E-state index in [1.54, 1.807) is 0 Å². The van der Waals surface area contributed by atoms with Gasteiger partial charge in [-0.05, 0) is 0 Å². The minimum Gasteiger partial charge on any atom is -0.391 e. The first-order chi connectivity index (χ1) is 9.90. The maximum absolute atomic E-state index is 11.5. The molecule has 9 heteroatoms. The second-order valence-corrected chi connectivity index (χ2v) is 4.68. The molecule has 5 N–H and O–H groups in total. The molecule has 2 aliphatic heterocycles. The molecule has 2 rings (SSSR count). The van der Waals surface area contributed by atoms with Crippen molar-refractivity contribution in [3.05, 3.63) is 35.6 Å². The van der Waals surface area contributed by atoms with Gasteiger partial charge in [-0.2, -0.15) is 0 Å². The summed E-state index contributed by atoms with van der Waals surface area (Å²) in [6.07, 6.45) is -3.19. The van der Waals surface area contributed by atoms with Crippen LogP contribution in [0.5, 0.6) is 0 Å². The molecule has 9 nitrogen and oxygen atoms in total. The Morgan fingerprint density at radius 2 is 2.19 bits per heavy atom. The topological polar surface area (TPSA) is 127 Å². The molecule has 1 unspecified atom stereocenters. The molecule has 4 atom stereocenters. The van der Waals surface area contributed by atoms with Crippen molar-refractivity contribution in [2.45, 2.75) is 24.2 Å². The Balaban J connectivity index is 2.34. The van der Waals surface area contributed by atoms with Gasteiger partial charge in [-0.15, -0.1) is 0 Å². The highest BCUT2D eigenvalue weighted by molar-refractivity contribution is 5.95. The fraction of sp³-hybridized carbons (Fsp3) is 0.500. The molecule has 2 heterocycles. The molecule has 1 saturated heterocycles. The van der Waals surface area contributed by atoms with Crippen molar-refractivity contribution in [2.75, 3.05) is 13.2 Å². The summed E-state index contributed by atoms with van der Waals surface area (Å²) in [5, 5.41) is 40.6. The highest BCUT2D eigenvalue weighted by atomic mass is 16.6. The SMILES string of the molecule is [C-]#[N+][C@]1(CO)O[C@@H](N2C=C(CO)C(=O)NC2=C)[C@@H](O)C1O. The first kappa shape index (κ1) is 15.4. The van der Waals surface area contributed by atoms with Crippen LogP contribution in [0.2, 0.25) is 0 Å². The molecule has 0 aromatic heterocycles. The van der Waals surface area contributed by atoms with E-state index in [2.05, 4.69) is 16.7 Å². The van der Waals surface area contributed by atoms with Crippen molar-refractivity contribution < 1.29 is 30.0 Å². The second-order valence-electron chi connectivity index (χ2n) is 4.68. The number of aliphatic hydroxyl groups excluding tert-OH is 4. The molecule has 0 aliphatic carbocycles. The molecule has 114 valence electrons. The van der Waals surface area contributed by atoms with E-state index < -0.39 is 43.3 Å². The highest BCUT2D eigenvalue weighted by Gasteiger charge is 2.62. The average molecular weight is 297 g/mol. The van der Waals surface area contributed by atoms with Crippen molar-refractivity contribution >= 4 is 5.91 Å². The zero-order valence-corrected chi connectivity index (χ0v) is 10.9. The van der Waals surface area contributed by atoms with E-state index in [9.17, 15) is 20.1 Å². The predicted octanol–water partition coefficient (Wildman–Crippen LogP) is -2.55. The number of carbonyl (C=O) groups is 1. The van der Waals surface area contributed by atoms with Crippen molar-refractivity contribution in [3.8, 4) is 0 Å². The number of rotatable bonds is 3. The van der Waals surface area contributed by atoms with Crippen LogP contribution in [0.15, 0.2) is 24.2 Å². The van der Waals surface area contributed by atoms with E-state index in [4.69, 9.17) is 16.4 Å². The molecule has 1 fully saturated rings. The fourth-order valence-corrected chi connectivity index (χ4v) is 2.17. The Labute approximate surface area is 120 Å². The first-order valence-electron chi connectivity index (χ1n) is 6.03. The van der Waals surface area contributed by atoms with Crippen molar-refractivity contribution in [1.29, 1.82) is 0 Å².